The van der Waals surface area contributed by atoms with Crippen molar-refractivity contribution in [3.8, 4) is 0 Å². The molecule has 0 saturated carbocycles. The molecule has 2 N–H and O–H groups in total. The zero-order chi connectivity index (χ0) is 11.4. The molecule has 1 heterocycles. The fourth-order valence-corrected chi connectivity index (χ4v) is 1.73. The van der Waals surface area contributed by atoms with Crippen molar-refractivity contribution in [2.45, 2.75) is 19.1 Å². The average Bonchev–Trinajstić information content (AvgIpc) is 2.27. The summed E-state index contributed by atoms with van der Waals surface area (Å²) in [7, 11) is 0. The lowest BCUT2D eigenvalue weighted by molar-refractivity contribution is 0.0465. The van der Waals surface area contributed by atoms with E-state index in [4.69, 9.17) is 10.5 Å². The Bertz CT molecular complexity index is 351. The van der Waals surface area contributed by atoms with E-state index in [9.17, 15) is 4.79 Å². The van der Waals surface area contributed by atoms with Gasteiger partial charge in [-0.05, 0) is 12.0 Å². The first-order valence-corrected chi connectivity index (χ1v) is 5.48. The highest BCUT2D eigenvalue weighted by Crippen LogP contribution is 2.17. The van der Waals surface area contributed by atoms with Crippen LogP contribution in [0, 0.1) is 0 Å². The summed E-state index contributed by atoms with van der Waals surface area (Å²) in [6.07, 6.45) is 0.724. The van der Waals surface area contributed by atoms with Crippen molar-refractivity contribution >= 4 is 6.09 Å². The van der Waals surface area contributed by atoms with Crippen molar-refractivity contribution in [1.29, 1.82) is 0 Å². The zero-order valence-electron chi connectivity index (χ0n) is 9.13. The highest BCUT2D eigenvalue weighted by Gasteiger charge is 2.31. The van der Waals surface area contributed by atoms with Gasteiger partial charge in [-0.3, -0.25) is 0 Å². The van der Waals surface area contributed by atoms with Crippen LogP contribution in [0.15, 0.2) is 30.3 Å². The Morgan fingerprint density at radius 3 is 2.75 bits per heavy atom. The van der Waals surface area contributed by atoms with Gasteiger partial charge in [-0.25, -0.2) is 4.79 Å². The Kier molecular flexibility index (Phi) is 3.41. The number of carbonyl (C=O) groups excluding carboxylic acids is 1. The van der Waals surface area contributed by atoms with Crippen LogP contribution in [0.25, 0.3) is 0 Å². The predicted molar refractivity (Wildman–Crippen MR) is 60.8 cm³/mol. The van der Waals surface area contributed by atoms with Crippen molar-refractivity contribution < 1.29 is 9.53 Å². The number of hydrogen-bond donors (Lipinski definition) is 1. The minimum Gasteiger partial charge on any atom is -0.445 e. The number of hydrogen-bond acceptors (Lipinski definition) is 3. The van der Waals surface area contributed by atoms with E-state index >= 15 is 0 Å². The predicted octanol–water partition coefficient (Wildman–Crippen LogP) is 1.36. The van der Waals surface area contributed by atoms with Crippen molar-refractivity contribution in [3.05, 3.63) is 35.9 Å². The van der Waals surface area contributed by atoms with E-state index in [1.165, 1.54) is 0 Å². The summed E-state index contributed by atoms with van der Waals surface area (Å²) < 4.78 is 5.20. The van der Waals surface area contributed by atoms with Crippen molar-refractivity contribution in [2.75, 3.05) is 13.1 Å². The van der Waals surface area contributed by atoms with Crippen LogP contribution in [0.2, 0.25) is 0 Å². The maximum Gasteiger partial charge on any atom is 0.410 e. The van der Waals surface area contributed by atoms with Gasteiger partial charge in [0, 0.05) is 19.1 Å². The van der Waals surface area contributed by atoms with Crippen LogP contribution >= 0.6 is 0 Å². The molecule has 16 heavy (non-hydrogen) atoms. The fourth-order valence-electron chi connectivity index (χ4n) is 1.73. The molecule has 4 heteroatoms. The lowest BCUT2D eigenvalue weighted by atomic mass is 10.1. The van der Waals surface area contributed by atoms with Gasteiger partial charge in [0.05, 0.1) is 0 Å². The smallest absolute Gasteiger partial charge is 0.410 e. The molecule has 4 nitrogen and oxygen atoms in total. The fraction of sp³-hybridized carbons (Fsp3) is 0.417. The number of nitrogens with two attached hydrogens (primary N) is 1. The summed E-state index contributed by atoms with van der Waals surface area (Å²) in [5, 5.41) is 0. The second-order valence-electron chi connectivity index (χ2n) is 3.91. The van der Waals surface area contributed by atoms with Gasteiger partial charge >= 0.3 is 6.09 Å². The molecular formula is C12H16N2O2. The first-order chi connectivity index (χ1) is 7.81. The number of amides is 1. The van der Waals surface area contributed by atoms with Gasteiger partial charge in [0.25, 0.3) is 0 Å². The van der Waals surface area contributed by atoms with Gasteiger partial charge in [0.15, 0.2) is 0 Å². The van der Waals surface area contributed by atoms with Gasteiger partial charge in [-0.2, -0.15) is 0 Å². The van der Waals surface area contributed by atoms with E-state index in [0.29, 0.717) is 13.2 Å². The van der Waals surface area contributed by atoms with Gasteiger partial charge in [-0.15, -0.1) is 0 Å². The maximum absolute atomic E-state index is 11.6. The third kappa shape index (κ3) is 2.33. The SMILES string of the molecule is NC[C@@H]1CCN1C(=O)OCc1ccccc1. The Morgan fingerprint density at radius 1 is 1.44 bits per heavy atom. The minimum atomic E-state index is -0.259. The van der Waals surface area contributed by atoms with Gasteiger partial charge in [-0.1, -0.05) is 30.3 Å². The molecule has 1 aromatic rings. The van der Waals surface area contributed by atoms with Crippen LogP contribution in [0.3, 0.4) is 0 Å². The molecule has 86 valence electrons. The molecule has 1 aliphatic heterocycles. The van der Waals surface area contributed by atoms with Crippen LogP contribution in [-0.2, 0) is 11.3 Å². The first-order valence-electron chi connectivity index (χ1n) is 5.48. The van der Waals surface area contributed by atoms with Crippen LogP contribution in [0.1, 0.15) is 12.0 Å². The third-order valence-electron chi connectivity index (χ3n) is 2.86. The second kappa shape index (κ2) is 4.99. The van der Waals surface area contributed by atoms with Crippen LogP contribution in [0.4, 0.5) is 4.79 Å². The molecule has 0 unspecified atom stereocenters. The molecule has 0 aliphatic carbocycles. The molecule has 2 rings (SSSR count). The lowest BCUT2D eigenvalue weighted by Crippen LogP contribution is -2.54. The molecule has 1 saturated heterocycles. The van der Waals surface area contributed by atoms with Crippen molar-refractivity contribution in [3.63, 3.8) is 0 Å². The summed E-state index contributed by atoms with van der Waals surface area (Å²) in [5.41, 5.74) is 6.52. The summed E-state index contributed by atoms with van der Waals surface area (Å²) in [5.74, 6) is 0. The summed E-state index contributed by atoms with van der Waals surface area (Å²) in [6, 6.07) is 9.83. The number of benzene rings is 1. The molecule has 0 aromatic heterocycles. The normalized spacial score (nSPS) is 19.1. The van der Waals surface area contributed by atoms with Crippen LogP contribution in [-0.4, -0.2) is 30.1 Å². The number of ether oxygens (including phenoxy) is 1. The Balaban J connectivity index is 1.80. The van der Waals surface area contributed by atoms with Crippen LogP contribution < -0.4 is 5.73 Å². The minimum absolute atomic E-state index is 0.170. The standard InChI is InChI=1S/C12H16N2O2/c13-8-11-6-7-14(11)12(15)16-9-10-4-2-1-3-5-10/h1-5,11H,6-9,13H2/t11-/m0/s1. The topological polar surface area (TPSA) is 55.6 Å². The number of nitrogens with zero attached hydrogens (tertiary/aromatic N) is 1. The molecule has 1 atom stereocenters. The monoisotopic (exact) mass is 220 g/mol. The highest BCUT2D eigenvalue weighted by atomic mass is 16.6. The lowest BCUT2D eigenvalue weighted by Gasteiger charge is -2.39. The van der Waals surface area contributed by atoms with E-state index in [-0.39, 0.29) is 12.1 Å². The summed E-state index contributed by atoms with van der Waals surface area (Å²) in [4.78, 5) is 13.3. The molecule has 1 amide bonds. The maximum atomic E-state index is 11.6. The summed E-state index contributed by atoms with van der Waals surface area (Å²) in [6.45, 7) is 1.60. The largest absolute Gasteiger partial charge is 0.445 e. The Labute approximate surface area is 95.0 Å². The molecule has 1 fully saturated rings. The van der Waals surface area contributed by atoms with Crippen molar-refractivity contribution in [2.24, 2.45) is 5.73 Å². The van der Waals surface area contributed by atoms with E-state index in [1.807, 2.05) is 30.3 Å². The van der Waals surface area contributed by atoms with E-state index < -0.39 is 0 Å². The van der Waals surface area contributed by atoms with Gasteiger partial charge in [0.2, 0.25) is 0 Å². The number of carbonyl (C=O) groups is 1. The molecular weight excluding hydrogens is 204 g/mol. The number of likely N-dealkylation sites (tertiary alicyclic amines) is 1. The zero-order valence-corrected chi connectivity index (χ0v) is 9.13. The van der Waals surface area contributed by atoms with E-state index in [2.05, 4.69) is 0 Å². The molecule has 1 aliphatic rings. The summed E-state index contributed by atoms with van der Waals surface area (Å²) >= 11 is 0. The van der Waals surface area contributed by atoms with Crippen LogP contribution in [0.5, 0.6) is 0 Å². The van der Waals surface area contributed by atoms with E-state index in [1.54, 1.807) is 4.90 Å². The first kappa shape index (κ1) is 11.0. The van der Waals surface area contributed by atoms with Gasteiger partial charge in [0.1, 0.15) is 6.61 Å². The Hall–Kier alpha value is -1.55. The second-order valence-corrected chi connectivity index (χ2v) is 3.91. The third-order valence-corrected chi connectivity index (χ3v) is 2.86. The Morgan fingerprint density at radius 2 is 2.19 bits per heavy atom. The van der Waals surface area contributed by atoms with Crippen molar-refractivity contribution in [1.82, 2.24) is 4.90 Å². The van der Waals surface area contributed by atoms with E-state index in [0.717, 1.165) is 18.5 Å². The highest BCUT2D eigenvalue weighted by molar-refractivity contribution is 5.69. The number of rotatable bonds is 3. The molecule has 0 bridgehead atoms. The van der Waals surface area contributed by atoms with Gasteiger partial charge < -0.3 is 15.4 Å². The average molecular weight is 220 g/mol. The quantitative estimate of drug-likeness (QED) is 0.836. The molecule has 1 aromatic carbocycles. The molecule has 0 radical (unpaired) electrons. The molecule has 0 spiro atoms.